The molecular formula is C27H21Cl2F3N4O4S. The quantitative estimate of drug-likeness (QED) is 0.237. The molecule has 0 spiro atoms. The fraction of sp³-hybridized carbons (Fsp3) is 0.259. The number of pyridine rings is 1. The highest BCUT2D eigenvalue weighted by molar-refractivity contribution is 7.91. The Morgan fingerprint density at radius 3 is 2.27 bits per heavy atom. The first-order valence-corrected chi connectivity index (χ1v) is 14.7. The van der Waals surface area contributed by atoms with Crippen molar-refractivity contribution in [3.63, 3.8) is 0 Å². The molecule has 14 heteroatoms. The van der Waals surface area contributed by atoms with E-state index in [1.165, 1.54) is 37.4 Å². The number of halogens is 5. The maximum absolute atomic E-state index is 12.9. The van der Waals surface area contributed by atoms with E-state index in [1.54, 1.807) is 12.1 Å². The van der Waals surface area contributed by atoms with Crippen molar-refractivity contribution in [1.82, 2.24) is 15.1 Å². The van der Waals surface area contributed by atoms with Gasteiger partial charge in [-0.05, 0) is 60.9 Å². The van der Waals surface area contributed by atoms with Crippen LogP contribution in [0.1, 0.15) is 42.3 Å². The molecule has 1 aliphatic rings. The van der Waals surface area contributed by atoms with Gasteiger partial charge in [-0.25, -0.2) is 13.4 Å². The number of rotatable bonds is 8. The van der Waals surface area contributed by atoms with Gasteiger partial charge in [0.2, 0.25) is 5.91 Å². The molecule has 1 aliphatic carbocycles. The van der Waals surface area contributed by atoms with Crippen LogP contribution in [0.3, 0.4) is 0 Å². The number of hydrogen-bond acceptors (Lipinski definition) is 7. The minimum atomic E-state index is -4.46. The first kappa shape index (κ1) is 29.0. The summed E-state index contributed by atoms with van der Waals surface area (Å²) in [6.45, 7) is 1.52. The topological polar surface area (TPSA) is 115 Å². The lowest BCUT2D eigenvalue weighted by Crippen LogP contribution is -2.16. The van der Waals surface area contributed by atoms with Crippen LogP contribution >= 0.6 is 23.2 Å². The second-order valence-electron chi connectivity index (χ2n) is 9.53. The van der Waals surface area contributed by atoms with Gasteiger partial charge < -0.3 is 9.84 Å². The molecule has 0 atom stereocenters. The Labute approximate surface area is 242 Å². The molecule has 2 aromatic heterocycles. The van der Waals surface area contributed by atoms with E-state index in [9.17, 15) is 26.4 Å². The number of amides is 1. The standard InChI is InChI=1S/C27H21Cl2F3N4O4S/c1-2-41(38,39)22-8-3-15(14-33-22)11-21(37)34-18-12-19(28)23(20(29)13-18)26(9-10-26)25-35-24(40-36-25)16-4-6-17(7-5-16)27(30,31)32/h3-8,12-14H,2,9-11H2,1H3,(H,34,37). The Morgan fingerprint density at radius 2 is 1.73 bits per heavy atom. The van der Waals surface area contributed by atoms with Gasteiger partial charge >= 0.3 is 6.18 Å². The van der Waals surface area contributed by atoms with Gasteiger partial charge in [0, 0.05) is 33.1 Å². The highest BCUT2D eigenvalue weighted by atomic mass is 35.5. The van der Waals surface area contributed by atoms with Gasteiger partial charge in [-0.15, -0.1) is 0 Å². The van der Waals surface area contributed by atoms with Gasteiger partial charge in [-0.2, -0.15) is 18.2 Å². The molecule has 0 saturated heterocycles. The molecule has 1 fully saturated rings. The number of hydrogen-bond donors (Lipinski definition) is 1. The number of sulfone groups is 1. The number of benzene rings is 2. The number of nitrogens with zero attached hydrogens (tertiary/aromatic N) is 3. The molecule has 2 aromatic carbocycles. The molecule has 214 valence electrons. The molecule has 41 heavy (non-hydrogen) atoms. The van der Waals surface area contributed by atoms with Crippen LogP contribution in [0, 0.1) is 0 Å². The Kier molecular flexibility index (Phi) is 7.60. The average molecular weight is 625 g/mol. The van der Waals surface area contributed by atoms with Crippen molar-refractivity contribution in [1.29, 1.82) is 0 Å². The Hall–Kier alpha value is -3.48. The van der Waals surface area contributed by atoms with Gasteiger partial charge in [0.05, 0.1) is 23.2 Å². The van der Waals surface area contributed by atoms with Gasteiger partial charge in [-0.1, -0.05) is 41.3 Å². The van der Waals surface area contributed by atoms with E-state index in [4.69, 9.17) is 27.7 Å². The summed E-state index contributed by atoms with van der Waals surface area (Å²) in [5.74, 6) is -0.107. The van der Waals surface area contributed by atoms with E-state index in [1.807, 2.05) is 0 Å². The van der Waals surface area contributed by atoms with Crippen LogP contribution in [-0.2, 0) is 32.6 Å². The molecule has 0 radical (unpaired) electrons. The zero-order valence-electron chi connectivity index (χ0n) is 21.3. The molecular weight excluding hydrogens is 604 g/mol. The molecule has 0 bridgehead atoms. The summed E-state index contributed by atoms with van der Waals surface area (Å²) in [5.41, 5.74) is 0.222. The van der Waals surface area contributed by atoms with Crippen molar-refractivity contribution in [2.24, 2.45) is 0 Å². The summed E-state index contributed by atoms with van der Waals surface area (Å²) in [6, 6.07) is 10.4. The van der Waals surface area contributed by atoms with E-state index in [2.05, 4.69) is 20.4 Å². The number of aromatic nitrogens is 3. The third kappa shape index (κ3) is 5.95. The number of alkyl halides is 3. The molecule has 4 aromatic rings. The first-order chi connectivity index (χ1) is 19.3. The maximum Gasteiger partial charge on any atom is 0.416 e. The first-order valence-electron chi connectivity index (χ1n) is 12.3. The number of carbonyl (C=O) groups is 1. The Bertz CT molecular complexity index is 1700. The van der Waals surface area contributed by atoms with Crippen molar-refractivity contribution in [2.45, 2.75) is 42.8 Å². The minimum Gasteiger partial charge on any atom is -0.334 e. The largest absolute Gasteiger partial charge is 0.416 e. The SMILES string of the molecule is CCS(=O)(=O)c1ccc(CC(=O)Nc2cc(Cl)c(C3(c4noc(-c5ccc(C(F)(F)F)cc5)n4)CC3)c(Cl)c2)cn1. The summed E-state index contributed by atoms with van der Waals surface area (Å²) >= 11 is 13.2. The second-order valence-corrected chi connectivity index (χ2v) is 12.6. The van der Waals surface area contributed by atoms with Crippen LogP contribution in [0.15, 0.2) is 64.3 Å². The van der Waals surface area contributed by atoms with Crippen molar-refractivity contribution >= 4 is 44.6 Å². The molecule has 0 aliphatic heterocycles. The molecule has 1 amide bonds. The predicted molar refractivity (Wildman–Crippen MR) is 146 cm³/mol. The summed E-state index contributed by atoms with van der Waals surface area (Å²) in [5, 5.41) is 7.26. The Morgan fingerprint density at radius 1 is 1.07 bits per heavy atom. The smallest absolute Gasteiger partial charge is 0.334 e. The summed E-state index contributed by atoms with van der Waals surface area (Å²) in [4.78, 5) is 21.0. The second kappa shape index (κ2) is 10.7. The fourth-order valence-corrected chi connectivity index (χ4v) is 6.02. The minimum absolute atomic E-state index is 0.0552. The van der Waals surface area contributed by atoms with Gasteiger partial charge in [0.1, 0.15) is 0 Å². The van der Waals surface area contributed by atoms with Gasteiger partial charge in [0.15, 0.2) is 20.7 Å². The average Bonchev–Trinajstić information content (AvgIpc) is 3.54. The van der Waals surface area contributed by atoms with Crippen LogP contribution in [0.4, 0.5) is 18.9 Å². The zero-order valence-corrected chi connectivity index (χ0v) is 23.6. The molecule has 1 N–H and O–H groups in total. The van der Waals surface area contributed by atoms with Crippen LogP contribution in [0.5, 0.6) is 0 Å². The predicted octanol–water partition coefficient (Wildman–Crippen LogP) is 6.51. The molecule has 1 saturated carbocycles. The summed E-state index contributed by atoms with van der Waals surface area (Å²) in [7, 11) is -3.45. The van der Waals surface area contributed by atoms with Crippen molar-refractivity contribution in [2.75, 3.05) is 11.1 Å². The highest BCUT2D eigenvalue weighted by Crippen LogP contribution is 2.57. The molecule has 2 heterocycles. The van der Waals surface area contributed by atoms with Crippen LogP contribution in [0.2, 0.25) is 10.0 Å². The van der Waals surface area contributed by atoms with E-state index in [0.717, 1.165) is 12.1 Å². The van der Waals surface area contributed by atoms with Crippen molar-refractivity contribution in [3.8, 4) is 11.5 Å². The normalized spacial score (nSPS) is 14.6. The van der Waals surface area contributed by atoms with Crippen LogP contribution in [-0.4, -0.2) is 35.2 Å². The van der Waals surface area contributed by atoms with Gasteiger partial charge in [-0.3, -0.25) is 4.79 Å². The van der Waals surface area contributed by atoms with E-state index in [-0.39, 0.29) is 33.1 Å². The van der Waals surface area contributed by atoms with Crippen LogP contribution < -0.4 is 5.32 Å². The summed E-state index contributed by atoms with van der Waals surface area (Å²) < 4.78 is 67.9. The fourth-order valence-electron chi connectivity index (χ4n) is 4.39. The van der Waals surface area contributed by atoms with E-state index < -0.39 is 32.9 Å². The van der Waals surface area contributed by atoms with Crippen LogP contribution in [0.25, 0.3) is 11.5 Å². The Balaban J connectivity index is 1.31. The highest BCUT2D eigenvalue weighted by Gasteiger charge is 2.52. The van der Waals surface area contributed by atoms with E-state index >= 15 is 0 Å². The van der Waals surface area contributed by atoms with Crippen molar-refractivity contribution < 1.29 is 30.9 Å². The molecule has 8 nitrogen and oxygen atoms in total. The number of nitrogens with one attached hydrogen (secondary N) is 1. The molecule has 0 unspecified atom stereocenters. The number of anilines is 1. The molecule has 5 rings (SSSR count). The monoisotopic (exact) mass is 624 g/mol. The van der Waals surface area contributed by atoms with Gasteiger partial charge in [0.25, 0.3) is 5.89 Å². The zero-order chi connectivity index (χ0) is 29.6. The van der Waals surface area contributed by atoms with E-state index in [0.29, 0.717) is 41.0 Å². The summed E-state index contributed by atoms with van der Waals surface area (Å²) in [6.07, 6.45) is -1.96. The maximum atomic E-state index is 12.9. The lowest BCUT2D eigenvalue weighted by Gasteiger charge is -2.17. The lowest BCUT2D eigenvalue weighted by molar-refractivity contribution is -0.137. The third-order valence-electron chi connectivity index (χ3n) is 6.73. The number of carbonyl (C=O) groups excluding carboxylic acids is 1. The van der Waals surface area contributed by atoms with Crippen molar-refractivity contribution in [3.05, 3.63) is 87.3 Å². The third-order valence-corrected chi connectivity index (χ3v) is 8.96. The lowest BCUT2D eigenvalue weighted by atomic mass is 9.94.